The van der Waals surface area contributed by atoms with Gasteiger partial charge in [0.15, 0.2) is 6.61 Å². The molecule has 0 fully saturated rings. The molecule has 0 saturated carbocycles. The van der Waals surface area contributed by atoms with E-state index in [0.717, 1.165) is 28.3 Å². The normalized spacial score (nSPS) is 10.7. The summed E-state index contributed by atoms with van der Waals surface area (Å²) in [5.41, 5.74) is 3.67. The number of thiazole rings is 1. The monoisotopic (exact) mass is 448 g/mol. The number of rotatable bonds is 8. The van der Waals surface area contributed by atoms with Crippen LogP contribution in [0, 0.1) is 13.8 Å². The van der Waals surface area contributed by atoms with Gasteiger partial charge in [-0.2, -0.15) is 9.78 Å². The molecule has 0 aliphatic heterocycles. The smallest absolute Gasteiger partial charge is 0.263 e. The lowest BCUT2D eigenvalue weighted by Gasteiger charge is -2.08. The molecule has 0 spiro atoms. The van der Waals surface area contributed by atoms with E-state index < -0.39 is 0 Å². The molecule has 0 aliphatic rings. The van der Waals surface area contributed by atoms with Gasteiger partial charge in [0.2, 0.25) is 5.13 Å². The van der Waals surface area contributed by atoms with Crippen LogP contribution in [0.2, 0.25) is 0 Å². The molecule has 4 rings (SSSR count). The zero-order valence-electron chi connectivity index (χ0n) is 18.2. The second kappa shape index (κ2) is 9.65. The largest absolute Gasteiger partial charge is 0.494 e. The highest BCUT2D eigenvalue weighted by Gasteiger charge is 2.15. The van der Waals surface area contributed by atoms with Crippen molar-refractivity contribution in [2.75, 3.05) is 18.5 Å². The van der Waals surface area contributed by atoms with E-state index in [-0.39, 0.29) is 12.5 Å². The highest BCUT2D eigenvalue weighted by Crippen LogP contribution is 2.27. The number of anilines is 1. The Hall–Kier alpha value is -3.65. The summed E-state index contributed by atoms with van der Waals surface area (Å²) >= 11 is 1.45. The van der Waals surface area contributed by atoms with Crippen molar-refractivity contribution in [2.24, 2.45) is 0 Å². The Morgan fingerprint density at radius 1 is 1.06 bits per heavy atom. The van der Waals surface area contributed by atoms with Gasteiger partial charge < -0.3 is 14.8 Å². The van der Waals surface area contributed by atoms with Crippen LogP contribution in [0.1, 0.15) is 18.2 Å². The quantitative estimate of drug-likeness (QED) is 0.409. The van der Waals surface area contributed by atoms with Crippen molar-refractivity contribution in [3.8, 4) is 27.9 Å². The zero-order chi connectivity index (χ0) is 22.5. The molecule has 1 N–H and O–H groups in total. The minimum atomic E-state index is -0.268. The topological polar surface area (TPSA) is 78.3 Å². The minimum absolute atomic E-state index is 0.0943. The van der Waals surface area contributed by atoms with E-state index in [2.05, 4.69) is 10.4 Å². The van der Waals surface area contributed by atoms with Gasteiger partial charge in [-0.05, 0) is 62.7 Å². The number of carbonyl (C=O) groups is 1. The van der Waals surface area contributed by atoms with Crippen LogP contribution < -0.4 is 14.8 Å². The summed E-state index contributed by atoms with van der Waals surface area (Å²) in [6.07, 6.45) is 0. The number of amides is 1. The van der Waals surface area contributed by atoms with Crippen molar-refractivity contribution < 1.29 is 14.3 Å². The van der Waals surface area contributed by atoms with Crippen molar-refractivity contribution in [1.29, 1.82) is 0 Å². The Morgan fingerprint density at radius 2 is 1.88 bits per heavy atom. The summed E-state index contributed by atoms with van der Waals surface area (Å²) in [5, 5.41) is 10.0. The van der Waals surface area contributed by atoms with Crippen LogP contribution in [0.3, 0.4) is 0 Å². The Kier molecular flexibility index (Phi) is 6.51. The molecule has 4 aromatic rings. The highest BCUT2D eigenvalue weighted by atomic mass is 32.1. The van der Waals surface area contributed by atoms with Crippen LogP contribution in [0.15, 0.2) is 60.0 Å². The maximum absolute atomic E-state index is 12.5. The first-order chi connectivity index (χ1) is 15.5. The maximum atomic E-state index is 12.5. The van der Waals surface area contributed by atoms with Gasteiger partial charge in [0.25, 0.3) is 5.91 Å². The first-order valence-electron chi connectivity index (χ1n) is 10.3. The van der Waals surface area contributed by atoms with Crippen LogP contribution >= 0.6 is 11.3 Å². The minimum Gasteiger partial charge on any atom is -0.494 e. The van der Waals surface area contributed by atoms with Gasteiger partial charge in [-0.3, -0.25) is 4.79 Å². The van der Waals surface area contributed by atoms with Crippen molar-refractivity contribution in [3.63, 3.8) is 0 Å². The summed E-state index contributed by atoms with van der Waals surface area (Å²) in [4.78, 5) is 17.2. The molecular formula is C24H24N4O3S. The summed E-state index contributed by atoms with van der Waals surface area (Å²) in [6.45, 7) is 6.34. The Morgan fingerprint density at radius 3 is 2.62 bits per heavy atom. The number of benzene rings is 2. The molecule has 0 radical (unpaired) electrons. The predicted molar refractivity (Wildman–Crippen MR) is 126 cm³/mol. The van der Waals surface area contributed by atoms with Crippen LogP contribution in [0.5, 0.6) is 11.5 Å². The number of carbonyl (C=O) groups excluding carboxylic acids is 1. The van der Waals surface area contributed by atoms with Gasteiger partial charge in [-0.1, -0.05) is 12.1 Å². The molecule has 0 saturated heterocycles. The average Bonchev–Trinajstić information content (AvgIpc) is 3.40. The standard InChI is InChI=1S/C24H24N4O3S/c1-4-30-19-10-8-18(9-11-19)21-15-32-24(25-21)28-22(13-17(3)27-28)26-23(29)14-31-20-7-5-6-16(2)12-20/h5-13,15H,4,14H2,1-3H3,(H,26,29). The van der Waals surface area contributed by atoms with Gasteiger partial charge in [0.05, 0.1) is 18.0 Å². The molecule has 2 heterocycles. The molecule has 0 aliphatic carbocycles. The fourth-order valence-corrected chi connectivity index (χ4v) is 3.95. The fourth-order valence-electron chi connectivity index (χ4n) is 3.15. The molecule has 1 amide bonds. The number of aryl methyl sites for hydroxylation is 2. The van der Waals surface area contributed by atoms with E-state index in [1.54, 1.807) is 4.68 Å². The van der Waals surface area contributed by atoms with Crippen LogP contribution in [0.4, 0.5) is 5.82 Å². The van der Waals surface area contributed by atoms with Crippen molar-refractivity contribution in [3.05, 3.63) is 71.2 Å². The van der Waals surface area contributed by atoms with Gasteiger partial charge in [-0.25, -0.2) is 4.98 Å². The molecule has 0 atom stereocenters. The highest BCUT2D eigenvalue weighted by molar-refractivity contribution is 7.12. The van der Waals surface area contributed by atoms with Gasteiger partial charge in [0.1, 0.15) is 17.3 Å². The van der Waals surface area contributed by atoms with E-state index >= 15 is 0 Å². The number of nitrogens with one attached hydrogen (secondary N) is 1. The molecule has 0 bridgehead atoms. The molecule has 32 heavy (non-hydrogen) atoms. The summed E-state index contributed by atoms with van der Waals surface area (Å²) in [6, 6.07) is 17.2. The van der Waals surface area contributed by atoms with Crippen molar-refractivity contribution in [1.82, 2.24) is 14.8 Å². The third-order valence-corrected chi connectivity index (χ3v) is 5.41. The molecule has 0 unspecified atom stereocenters. The summed E-state index contributed by atoms with van der Waals surface area (Å²) in [7, 11) is 0. The van der Waals surface area contributed by atoms with E-state index in [1.165, 1.54) is 11.3 Å². The van der Waals surface area contributed by atoms with E-state index in [1.807, 2.05) is 80.7 Å². The van der Waals surface area contributed by atoms with E-state index in [4.69, 9.17) is 14.5 Å². The Bertz CT molecular complexity index is 1210. The number of hydrogen-bond acceptors (Lipinski definition) is 6. The van der Waals surface area contributed by atoms with Crippen LogP contribution in [0.25, 0.3) is 16.4 Å². The molecule has 8 heteroatoms. The van der Waals surface area contributed by atoms with Gasteiger partial charge >= 0.3 is 0 Å². The zero-order valence-corrected chi connectivity index (χ0v) is 19.0. The van der Waals surface area contributed by atoms with E-state index in [0.29, 0.717) is 23.3 Å². The third kappa shape index (κ3) is 5.15. The Labute approximate surface area is 190 Å². The van der Waals surface area contributed by atoms with Crippen LogP contribution in [-0.4, -0.2) is 33.9 Å². The third-order valence-electron chi connectivity index (χ3n) is 4.59. The van der Waals surface area contributed by atoms with Crippen molar-refractivity contribution in [2.45, 2.75) is 20.8 Å². The van der Waals surface area contributed by atoms with Gasteiger partial charge in [0, 0.05) is 17.0 Å². The summed E-state index contributed by atoms with van der Waals surface area (Å²) < 4.78 is 12.7. The van der Waals surface area contributed by atoms with Crippen LogP contribution in [-0.2, 0) is 4.79 Å². The molecule has 2 aromatic carbocycles. The molecule has 164 valence electrons. The number of hydrogen-bond donors (Lipinski definition) is 1. The number of nitrogens with zero attached hydrogens (tertiary/aromatic N) is 3. The first kappa shape index (κ1) is 21.6. The first-order valence-corrected chi connectivity index (χ1v) is 11.1. The second-order valence-corrected chi connectivity index (χ2v) is 8.05. The van der Waals surface area contributed by atoms with E-state index in [9.17, 15) is 4.79 Å². The summed E-state index contributed by atoms with van der Waals surface area (Å²) in [5.74, 6) is 1.76. The van der Waals surface area contributed by atoms with Gasteiger partial charge in [-0.15, -0.1) is 11.3 Å². The maximum Gasteiger partial charge on any atom is 0.263 e. The lowest BCUT2D eigenvalue weighted by Crippen LogP contribution is -2.21. The predicted octanol–water partition coefficient (Wildman–Crippen LogP) is 5.03. The van der Waals surface area contributed by atoms with Crippen molar-refractivity contribution >= 4 is 23.1 Å². The molecular weight excluding hydrogens is 424 g/mol. The fraction of sp³-hybridized carbons (Fsp3) is 0.208. The number of aromatic nitrogens is 3. The average molecular weight is 449 g/mol. The SMILES string of the molecule is CCOc1ccc(-c2csc(-n3nc(C)cc3NC(=O)COc3cccc(C)c3)n2)cc1. The lowest BCUT2D eigenvalue weighted by molar-refractivity contribution is -0.118. The second-order valence-electron chi connectivity index (χ2n) is 7.21. The number of ether oxygens (including phenoxy) is 2. The Balaban J connectivity index is 1.47. The molecule has 2 aromatic heterocycles. The lowest BCUT2D eigenvalue weighted by atomic mass is 10.2. The molecule has 7 nitrogen and oxygen atoms in total.